The third kappa shape index (κ3) is 4.38. The van der Waals surface area contributed by atoms with E-state index < -0.39 is 5.67 Å². The molecule has 3 atom stereocenters. The molecule has 9 heteroatoms. The van der Waals surface area contributed by atoms with Crippen LogP contribution in [-0.2, 0) is 28.4 Å². The lowest BCUT2D eigenvalue weighted by Crippen LogP contribution is -2.42. The van der Waals surface area contributed by atoms with Crippen molar-refractivity contribution in [2.24, 2.45) is 5.92 Å². The second-order valence-electron chi connectivity index (χ2n) is 9.83. The van der Waals surface area contributed by atoms with Gasteiger partial charge in [0.25, 0.3) is 0 Å². The Balaban J connectivity index is 1.13. The molecule has 36 heavy (non-hydrogen) atoms. The topological polar surface area (TPSA) is 64.8 Å². The van der Waals surface area contributed by atoms with E-state index in [4.69, 9.17) is 37.2 Å². The molecule has 0 N–H and O–H groups in total. The second kappa shape index (κ2) is 9.36. The zero-order valence-corrected chi connectivity index (χ0v) is 21.0. The molecule has 0 spiro atoms. The van der Waals surface area contributed by atoms with Gasteiger partial charge in [-0.25, -0.2) is 9.18 Å². The highest BCUT2D eigenvalue weighted by Gasteiger charge is 2.52. The van der Waals surface area contributed by atoms with Crippen molar-refractivity contribution in [3.05, 3.63) is 75.5 Å². The third-order valence-electron chi connectivity index (χ3n) is 7.44. The molecule has 0 radical (unpaired) electrons. The minimum Gasteiger partial charge on any atom is -0.445 e. The first-order valence-electron chi connectivity index (χ1n) is 12.1. The maximum absolute atomic E-state index is 15.1. The normalized spacial score (nSPS) is 23.8. The van der Waals surface area contributed by atoms with Gasteiger partial charge in [0.05, 0.1) is 28.3 Å². The van der Waals surface area contributed by atoms with Crippen LogP contribution in [0.3, 0.4) is 0 Å². The average Bonchev–Trinajstić information content (AvgIpc) is 3.21. The predicted octanol–water partition coefficient (Wildman–Crippen LogP) is 6.92. The Morgan fingerprint density at radius 1 is 1.08 bits per heavy atom. The summed E-state index contributed by atoms with van der Waals surface area (Å²) in [5.74, 6) is 0.387. The van der Waals surface area contributed by atoms with E-state index in [1.165, 1.54) is 0 Å². The predicted molar refractivity (Wildman–Crippen MR) is 132 cm³/mol. The number of aromatic nitrogens is 1. The Hall–Kier alpha value is -2.61. The van der Waals surface area contributed by atoms with Crippen LogP contribution in [0.2, 0.25) is 10.0 Å². The molecular weight excluding hydrogens is 506 g/mol. The van der Waals surface area contributed by atoms with Gasteiger partial charge in [-0.15, -0.1) is 0 Å². The molecule has 188 valence electrons. The van der Waals surface area contributed by atoms with Gasteiger partial charge >= 0.3 is 6.09 Å². The Morgan fingerprint density at radius 3 is 2.50 bits per heavy atom. The number of hydrogen-bond donors (Lipinski definition) is 0. The zero-order chi connectivity index (χ0) is 24.9. The fourth-order valence-electron chi connectivity index (χ4n) is 5.38. The van der Waals surface area contributed by atoms with Crippen LogP contribution in [0.1, 0.15) is 42.6 Å². The first kappa shape index (κ1) is 23.8. The van der Waals surface area contributed by atoms with Gasteiger partial charge in [0.15, 0.2) is 11.4 Å². The van der Waals surface area contributed by atoms with Crippen molar-refractivity contribution in [3.63, 3.8) is 0 Å². The smallest absolute Gasteiger partial charge is 0.410 e. The molecule has 3 fully saturated rings. The van der Waals surface area contributed by atoms with E-state index in [0.29, 0.717) is 52.7 Å². The van der Waals surface area contributed by atoms with Gasteiger partial charge in [0, 0.05) is 24.1 Å². The molecule has 1 aromatic heterocycles. The summed E-state index contributed by atoms with van der Waals surface area (Å²) in [7, 11) is 0. The van der Waals surface area contributed by atoms with Gasteiger partial charge in [-0.3, -0.25) is 0 Å². The van der Waals surface area contributed by atoms with Crippen LogP contribution in [0, 0.1) is 5.92 Å². The number of carbonyl (C=O) groups is 1. The monoisotopic (exact) mass is 530 g/mol. The average molecular weight is 531 g/mol. The summed E-state index contributed by atoms with van der Waals surface area (Å²) in [4.78, 5) is 14.5. The van der Waals surface area contributed by atoms with Gasteiger partial charge < -0.3 is 18.9 Å². The molecule has 1 aliphatic heterocycles. The number of hydrogen-bond acceptors (Lipinski definition) is 5. The van der Waals surface area contributed by atoms with Gasteiger partial charge in [-0.05, 0) is 43.4 Å². The van der Waals surface area contributed by atoms with Crippen molar-refractivity contribution >= 4 is 29.3 Å². The number of fused-ring (bicyclic) bond motifs is 2. The molecule has 6 nitrogen and oxygen atoms in total. The molecule has 1 amide bonds. The number of carbonyl (C=O) groups excluding carboxylic acids is 1. The van der Waals surface area contributed by atoms with Crippen molar-refractivity contribution in [3.8, 4) is 11.3 Å². The lowest BCUT2D eigenvalue weighted by atomic mass is 10.0. The number of ether oxygens (including phenoxy) is 2. The number of nitrogens with zero attached hydrogens (tertiary/aromatic N) is 2. The first-order valence-corrected chi connectivity index (χ1v) is 12.9. The van der Waals surface area contributed by atoms with E-state index in [-0.39, 0.29) is 43.1 Å². The minimum absolute atomic E-state index is 0.0553. The summed E-state index contributed by atoms with van der Waals surface area (Å²) in [6, 6.07) is 14.9. The van der Waals surface area contributed by atoms with Crippen molar-refractivity contribution in [1.29, 1.82) is 0 Å². The highest BCUT2D eigenvalue weighted by molar-refractivity contribution is 6.39. The summed E-state index contributed by atoms with van der Waals surface area (Å²) >= 11 is 12.8. The molecule has 1 saturated heterocycles. The van der Waals surface area contributed by atoms with Gasteiger partial charge in [0.2, 0.25) is 0 Å². The molecule has 6 rings (SSSR count). The maximum Gasteiger partial charge on any atom is 0.410 e. The number of likely N-dealkylation sites (tertiary alicyclic amines) is 1. The van der Waals surface area contributed by atoms with E-state index in [1.54, 1.807) is 23.1 Å². The quantitative estimate of drug-likeness (QED) is 0.331. The van der Waals surface area contributed by atoms with Crippen LogP contribution in [-0.4, -0.2) is 34.8 Å². The number of amides is 1. The highest BCUT2D eigenvalue weighted by atomic mass is 35.5. The number of benzene rings is 2. The Kier molecular flexibility index (Phi) is 6.18. The van der Waals surface area contributed by atoms with E-state index in [9.17, 15) is 4.79 Å². The van der Waals surface area contributed by atoms with Crippen LogP contribution < -0.4 is 0 Å². The summed E-state index contributed by atoms with van der Waals surface area (Å²) < 4.78 is 32.4. The van der Waals surface area contributed by atoms with Crippen molar-refractivity contribution in [1.82, 2.24) is 10.1 Å². The van der Waals surface area contributed by atoms with E-state index in [2.05, 4.69) is 5.16 Å². The molecule has 2 saturated carbocycles. The summed E-state index contributed by atoms with van der Waals surface area (Å²) in [6.45, 7) is 0.964. The molecule has 2 aromatic carbocycles. The summed E-state index contributed by atoms with van der Waals surface area (Å²) in [6.07, 6.45) is 1.99. The summed E-state index contributed by atoms with van der Waals surface area (Å²) in [5, 5.41) is 4.98. The lowest BCUT2D eigenvalue weighted by Gasteiger charge is -2.31. The Bertz CT molecular complexity index is 1260. The largest absolute Gasteiger partial charge is 0.445 e. The number of rotatable bonds is 7. The van der Waals surface area contributed by atoms with Gasteiger partial charge in [0.1, 0.15) is 12.3 Å². The van der Waals surface area contributed by atoms with Crippen molar-refractivity contribution in [2.75, 3.05) is 6.54 Å². The standard InChI is InChI=1S/C27H25Cl2FN2O4/c28-20-7-4-8-21(29)23(20)24-19(25(36-31-24)27(30)9-10-27)15-34-22-12-18-11-17(22)13-32(18)26(33)35-14-16-5-2-1-3-6-16/h1-8,17-18,22H,9-15H2/t17-,18-,22+/m0/s1. The van der Waals surface area contributed by atoms with E-state index >= 15 is 4.39 Å². The Labute approximate surface area is 218 Å². The fraction of sp³-hybridized carbons (Fsp3) is 0.407. The maximum atomic E-state index is 15.1. The minimum atomic E-state index is -1.52. The molecule has 2 bridgehead atoms. The van der Waals surface area contributed by atoms with E-state index in [1.807, 2.05) is 30.3 Å². The number of alkyl halides is 1. The third-order valence-corrected chi connectivity index (χ3v) is 8.07. The van der Waals surface area contributed by atoms with Crippen LogP contribution >= 0.6 is 23.2 Å². The second-order valence-corrected chi connectivity index (χ2v) is 10.6. The Morgan fingerprint density at radius 2 is 1.83 bits per heavy atom. The SMILES string of the molecule is O=C(OCc1ccccc1)N1C[C@@H]2C[C@H]1C[C@H]2OCc1c(-c2c(Cl)cccc2Cl)noc1C1(F)CC1. The van der Waals surface area contributed by atoms with Crippen molar-refractivity contribution in [2.45, 2.75) is 56.7 Å². The zero-order valence-electron chi connectivity index (χ0n) is 19.5. The number of halogens is 3. The first-order chi connectivity index (χ1) is 17.4. The van der Waals surface area contributed by atoms with Crippen LogP contribution in [0.5, 0.6) is 0 Å². The molecular formula is C27H25Cl2FN2O4. The number of piperidine rings is 1. The molecule has 2 heterocycles. The fourth-order valence-corrected chi connectivity index (χ4v) is 5.96. The summed E-state index contributed by atoms with van der Waals surface area (Å²) in [5.41, 5.74) is 0.910. The van der Waals surface area contributed by atoms with Gasteiger partial charge in [-0.1, -0.05) is 64.8 Å². The van der Waals surface area contributed by atoms with Crippen LogP contribution in [0.15, 0.2) is 53.1 Å². The van der Waals surface area contributed by atoms with Crippen LogP contribution in [0.25, 0.3) is 11.3 Å². The molecule has 3 aliphatic rings. The highest BCUT2D eigenvalue weighted by Crippen LogP contribution is 2.53. The van der Waals surface area contributed by atoms with Crippen LogP contribution in [0.4, 0.5) is 9.18 Å². The van der Waals surface area contributed by atoms with Gasteiger partial charge in [-0.2, -0.15) is 0 Å². The molecule has 2 aliphatic carbocycles. The lowest BCUT2D eigenvalue weighted by molar-refractivity contribution is -0.0119. The molecule has 3 aromatic rings. The van der Waals surface area contributed by atoms with Crippen molar-refractivity contribution < 1.29 is 23.2 Å². The molecule has 0 unspecified atom stereocenters. The van der Waals surface area contributed by atoms with E-state index in [0.717, 1.165) is 12.0 Å².